The number of piperidine rings is 1. The van der Waals surface area contributed by atoms with Crippen molar-refractivity contribution in [3.63, 3.8) is 0 Å². The quantitative estimate of drug-likeness (QED) is 0.655. The highest BCUT2D eigenvalue weighted by Gasteiger charge is 2.34. The lowest BCUT2D eigenvalue weighted by molar-refractivity contribution is -0.141. The molecule has 2 aliphatic rings. The van der Waals surface area contributed by atoms with Gasteiger partial charge in [-0.3, -0.25) is 0 Å². The zero-order valence-corrected chi connectivity index (χ0v) is 18.4. The van der Waals surface area contributed by atoms with Gasteiger partial charge in [0.1, 0.15) is 19.0 Å². The van der Waals surface area contributed by atoms with Crippen LogP contribution in [0.3, 0.4) is 0 Å². The third-order valence-corrected chi connectivity index (χ3v) is 5.64. The van der Waals surface area contributed by atoms with Gasteiger partial charge in [-0.15, -0.1) is 0 Å². The van der Waals surface area contributed by atoms with Crippen molar-refractivity contribution < 1.29 is 22.6 Å². The number of alkyl halides is 3. The number of hydrogen-bond acceptors (Lipinski definition) is 6. The zero-order valence-electron chi connectivity index (χ0n) is 17.5. The second kappa shape index (κ2) is 9.35. The molecule has 7 nitrogen and oxygen atoms in total. The molecule has 1 aromatic carbocycles. The Hall–Kier alpha value is -2.82. The van der Waals surface area contributed by atoms with Gasteiger partial charge in [-0.2, -0.15) is 18.2 Å². The van der Waals surface area contributed by atoms with Gasteiger partial charge in [0.05, 0.1) is 0 Å². The Bertz CT molecular complexity index is 980. The molecule has 32 heavy (non-hydrogen) atoms. The van der Waals surface area contributed by atoms with E-state index >= 15 is 0 Å². The zero-order chi connectivity index (χ0) is 22.7. The summed E-state index contributed by atoms with van der Waals surface area (Å²) in [7, 11) is 0. The van der Waals surface area contributed by atoms with Crippen LogP contribution in [0.1, 0.15) is 31.0 Å². The van der Waals surface area contributed by atoms with E-state index in [1.54, 1.807) is 0 Å². The number of ether oxygens (including phenoxy) is 2. The summed E-state index contributed by atoms with van der Waals surface area (Å²) < 4.78 is 51.3. The predicted octanol–water partition coefficient (Wildman–Crippen LogP) is 3.99. The average Bonchev–Trinajstić information content (AvgIpc) is 2.77. The highest BCUT2D eigenvalue weighted by molar-refractivity contribution is 7.80. The van der Waals surface area contributed by atoms with Crippen LogP contribution < -0.4 is 25.0 Å². The van der Waals surface area contributed by atoms with Crippen LogP contribution in [0.15, 0.2) is 24.3 Å². The van der Waals surface area contributed by atoms with Crippen LogP contribution in [-0.2, 0) is 12.7 Å². The minimum atomic E-state index is -4.59. The van der Waals surface area contributed by atoms with Crippen LogP contribution in [0.5, 0.6) is 11.5 Å². The van der Waals surface area contributed by atoms with Crippen molar-refractivity contribution in [2.75, 3.05) is 36.5 Å². The summed E-state index contributed by atoms with van der Waals surface area (Å²) >= 11 is 5.26. The first kappa shape index (κ1) is 22.4. The van der Waals surface area contributed by atoms with Gasteiger partial charge in [0.15, 0.2) is 22.3 Å². The number of fused-ring (bicyclic) bond motifs is 1. The molecule has 0 amide bonds. The maximum absolute atomic E-state index is 13.4. The van der Waals surface area contributed by atoms with Crippen molar-refractivity contribution in [1.29, 1.82) is 0 Å². The molecule has 11 heteroatoms. The number of aromatic nitrogens is 2. The average molecular weight is 468 g/mol. The monoisotopic (exact) mass is 467 g/mol. The van der Waals surface area contributed by atoms with Gasteiger partial charge in [-0.05, 0) is 48.7 Å². The van der Waals surface area contributed by atoms with Crippen LogP contribution in [0.4, 0.5) is 24.9 Å². The van der Waals surface area contributed by atoms with Crippen molar-refractivity contribution in [3.8, 4) is 11.5 Å². The molecule has 2 aromatic rings. The number of benzene rings is 1. The molecule has 0 saturated carbocycles. The van der Waals surface area contributed by atoms with Crippen LogP contribution in [0.25, 0.3) is 0 Å². The fourth-order valence-corrected chi connectivity index (χ4v) is 3.72. The third kappa shape index (κ3) is 5.50. The summed E-state index contributed by atoms with van der Waals surface area (Å²) in [5, 5.41) is 5.78. The van der Waals surface area contributed by atoms with E-state index in [0.29, 0.717) is 50.3 Å². The maximum Gasteiger partial charge on any atom is 0.433 e. The van der Waals surface area contributed by atoms with Crippen molar-refractivity contribution in [2.45, 2.75) is 32.5 Å². The molecule has 3 heterocycles. The summed E-state index contributed by atoms with van der Waals surface area (Å²) in [6, 6.07) is 6.50. The topological polar surface area (TPSA) is 71.5 Å². The molecule has 4 rings (SSSR count). The lowest BCUT2D eigenvalue weighted by Crippen LogP contribution is -2.34. The normalized spacial score (nSPS) is 16.6. The van der Waals surface area contributed by atoms with E-state index in [1.807, 2.05) is 23.1 Å². The highest BCUT2D eigenvalue weighted by atomic mass is 32.1. The molecule has 0 bridgehead atoms. The van der Waals surface area contributed by atoms with Gasteiger partial charge < -0.3 is 25.0 Å². The number of nitrogens with one attached hydrogen (secondary N) is 2. The van der Waals surface area contributed by atoms with Crippen LogP contribution in [-0.4, -0.2) is 41.4 Å². The molecule has 0 unspecified atom stereocenters. The number of halogens is 3. The van der Waals surface area contributed by atoms with E-state index in [9.17, 15) is 13.2 Å². The molecule has 1 fully saturated rings. The summed E-state index contributed by atoms with van der Waals surface area (Å²) in [6.45, 7) is 4.78. The van der Waals surface area contributed by atoms with Crippen molar-refractivity contribution >= 4 is 29.1 Å². The fourth-order valence-electron chi connectivity index (χ4n) is 3.56. The Morgan fingerprint density at radius 3 is 2.56 bits per heavy atom. The highest BCUT2D eigenvalue weighted by Crippen LogP contribution is 2.32. The summed E-state index contributed by atoms with van der Waals surface area (Å²) in [4.78, 5) is 9.77. The molecular weight excluding hydrogens is 443 g/mol. The Balaban J connectivity index is 1.44. The molecule has 1 saturated heterocycles. The Labute approximate surface area is 189 Å². The van der Waals surface area contributed by atoms with Gasteiger partial charge >= 0.3 is 6.18 Å². The molecule has 0 atom stereocenters. The van der Waals surface area contributed by atoms with E-state index in [2.05, 4.69) is 27.5 Å². The minimum Gasteiger partial charge on any atom is -0.486 e. The molecule has 0 spiro atoms. The van der Waals surface area contributed by atoms with Crippen LogP contribution in [0.2, 0.25) is 0 Å². The second-order valence-electron chi connectivity index (χ2n) is 7.89. The van der Waals surface area contributed by atoms with Crippen LogP contribution in [0, 0.1) is 5.92 Å². The third-order valence-electron chi connectivity index (χ3n) is 5.40. The fraction of sp³-hybridized carbons (Fsp3) is 0.476. The van der Waals surface area contributed by atoms with E-state index in [4.69, 9.17) is 21.7 Å². The van der Waals surface area contributed by atoms with Crippen molar-refractivity contribution in [3.05, 3.63) is 35.5 Å². The van der Waals surface area contributed by atoms with Gasteiger partial charge in [0.2, 0.25) is 5.95 Å². The number of rotatable bonds is 4. The number of nitrogens with zero attached hydrogens (tertiary/aromatic N) is 3. The van der Waals surface area contributed by atoms with Crippen LogP contribution >= 0.6 is 12.2 Å². The van der Waals surface area contributed by atoms with Crippen molar-refractivity contribution in [1.82, 2.24) is 15.3 Å². The molecule has 172 valence electrons. The van der Waals surface area contributed by atoms with Crippen molar-refractivity contribution in [2.24, 2.45) is 5.92 Å². The first-order chi connectivity index (χ1) is 15.3. The Kier molecular flexibility index (Phi) is 6.54. The molecule has 2 N–H and O–H groups in total. The number of thiocarbonyl (C=S) groups is 1. The lowest BCUT2D eigenvalue weighted by Gasteiger charge is -2.31. The predicted molar refractivity (Wildman–Crippen MR) is 118 cm³/mol. The lowest BCUT2D eigenvalue weighted by atomic mass is 9.99. The van der Waals surface area contributed by atoms with E-state index in [1.165, 1.54) is 0 Å². The Morgan fingerprint density at radius 1 is 1.12 bits per heavy atom. The second-order valence-corrected chi connectivity index (χ2v) is 8.30. The number of anilines is 2. The first-order valence-corrected chi connectivity index (χ1v) is 10.8. The summed E-state index contributed by atoms with van der Waals surface area (Å²) in [5.41, 5.74) is -0.121. The summed E-state index contributed by atoms with van der Waals surface area (Å²) in [6.07, 6.45) is -2.77. The van der Waals surface area contributed by atoms with E-state index in [-0.39, 0.29) is 16.9 Å². The molecule has 1 aromatic heterocycles. The largest absolute Gasteiger partial charge is 0.486 e. The van der Waals surface area contributed by atoms with Gasteiger partial charge in [0, 0.05) is 25.7 Å². The van der Waals surface area contributed by atoms with Gasteiger partial charge in [-0.25, -0.2) is 4.98 Å². The minimum absolute atomic E-state index is 0.123. The van der Waals surface area contributed by atoms with Gasteiger partial charge in [0.25, 0.3) is 0 Å². The number of hydrogen-bond donors (Lipinski definition) is 2. The van der Waals surface area contributed by atoms with Gasteiger partial charge in [-0.1, -0.05) is 13.0 Å². The Morgan fingerprint density at radius 2 is 1.84 bits per heavy atom. The summed E-state index contributed by atoms with van der Waals surface area (Å²) in [5.74, 6) is 1.93. The SMILES string of the molecule is CC1CCN(c2cc(C(F)(F)F)nc(NC(=S)NCc3ccc4c(c3)OCCO4)n2)CC1. The maximum atomic E-state index is 13.4. The first-order valence-electron chi connectivity index (χ1n) is 10.4. The van der Waals surface area contributed by atoms with E-state index in [0.717, 1.165) is 24.5 Å². The standard InChI is InChI=1S/C21H24F3N5O2S/c1-13-4-6-29(7-5-13)18-11-17(21(22,23)24)26-19(27-18)28-20(32)25-12-14-2-3-15-16(10-14)31-9-8-30-15/h2-3,10-11,13H,4-9,12H2,1H3,(H2,25,26,27,28,32). The molecule has 2 aliphatic heterocycles. The molecule has 0 aliphatic carbocycles. The smallest absolute Gasteiger partial charge is 0.433 e. The molecule has 0 radical (unpaired) electrons. The molecular formula is C21H24F3N5O2S. The van der Waals surface area contributed by atoms with E-state index < -0.39 is 11.9 Å².